The lowest BCUT2D eigenvalue weighted by atomic mass is 9.96. The molecule has 0 bridgehead atoms. The van der Waals surface area contributed by atoms with E-state index in [1.165, 1.54) is 25.9 Å². The van der Waals surface area contributed by atoms with Crippen LogP contribution in [0.3, 0.4) is 0 Å². The third kappa shape index (κ3) is 1.36. The van der Waals surface area contributed by atoms with Crippen LogP contribution in [-0.2, 0) is 0 Å². The van der Waals surface area contributed by atoms with Crippen molar-refractivity contribution in [3.63, 3.8) is 0 Å². The average molecular weight is 187 g/mol. The summed E-state index contributed by atoms with van der Waals surface area (Å²) < 4.78 is 0. The lowest BCUT2D eigenvalue weighted by Crippen LogP contribution is -2.11. The van der Waals surface area contributed by atoms with Gasteiger partial charge in [0, 0.05) is 0 Å². The van der Waals surface area contributed by atoms with Crippen LogP contribution >= 0.6 is 0 Å². The van der Waals surface area contributed by atoms with Crippen molar-refractivity contribution in [2.75, 3.05) is 13.1 Å². The van der Waals surface area contributed by atoms with Crippen molar-refractivity contribution in [3.05, 3.63) is 35.9 Å². The Morgan fingerprint density at radius 3 is 2.21 bits per heavy atom. The Hall–Kier alpha value is -0.820. The molecule has 3 atom stereocenters. The van der Waals surface area contributed by atoms with Gasteiger partial charge in [-0.25, -0.2) is 0 Å². The van der Waals surface area contributed by atoms with Gasteiger partial charge in [-0.2, -0.15) is 0 Å². The van der Waals surface area contributed by atoms with E-state index in [-0.39, 0.29) is 0 Å². The van der Waals surface area contributed by atoms with E-state index >= 15 is 0 Å². The van der Waals surface area contributed by atoms with E-state index in [9.17, 15) is 0 Å². The van der Waals surface area contributed by atoms with E-state index < -0.39 is 0 Å². The standard InChI is InChI=1S/C13H17N/c1-2-4-10(5-3-1)11-6-12-8-14-9-13(12)7-11/h1-5,11-14H,6-9H2/t11?,12-,13?/m1/s1. The van der Waals surface area contributed by atoms with Crippen molar-refractivity contribution in [1.82, 2.24) is 5.32 Å². The first-order valence-electron chi connectivity index (χ1n) is 5.69. The average Bonchev–Trinajstić information content (AvgIpc) is 2.78. The van der Waals surface area contributed by atoms with Gasteiger partial charge in [-0.05, 0) is 49.2 Å². The Bertz CT molecular complexity index is 294. The largest absolute Gasteiger partial charge is 0.316 e. The summed E-state index contributed by atoms with van der Waals surface area (Å²) in [5, 5.41) is 3.50. The van der Waals surface area contributed by atoms with Crippen molar-refractivity contribution in [1.29, 1.82) is 0 Å². The smallest absolute Gasteiger partial charge is 0.00171 e. The molecule has 1 aromatic carbocycles. The van der Waals surface area contributed by atoms with Crippen LogP contribution in [0.5, 0.6) is 0 Å². The van der Waals surface area contributed by atoms with Crippen molar-refractivity contribution in [2.45, 2.75) is 18.8 Å². The van der Waals surface area contributed by atoms with Crippen molar-refractivity contribution in [3.8, 4) is 0 Å². The topological polar surface area (TPSA) is 12.0 Å². The normalized spacial score (nSPS) is 35.9. The van der Waals surface area contributed by atoms with Gasteiger partial charge >= 0.3 is 0 Å². The van der Waals surface area contributed by atoms with Crippen LogP contribution in [0.1, 0.15) is 24.3 Å². The molecule has 0 spiro atoms. The van der Waals surface area contributed by atoms with Crippen LogP contribution < -0.4 is 5.32 Å². The van der Waals surface area contributed by atoms with Crippen LogP contribution in [0, 0.1) is 11.8 Å². The van der Waals surface area contributed by atoms with Crippen molar-refractivity contribution < 1.29 is 0 Å². The zero-order valence-corrected chi connectivity index (χ0v) is 8.45. The van der Waals surface area contributed by atoms with Gasteiger partial charge in [0.25, 0.3) is 0 Å². The highest BCUT2D eigenvalue weighted by molar-refractivity contribution is 5.21. The predicted octanol–water partition coefficient (Wildman–Crippen LogP) is 2.40. The Kier molecular flexibility index (Phi) is 2.06. The summed E-state index contributed by atoms with van der Waals surface area (Å²) >= 11 is 0. The maximum absolute atomic E-state index is 3.50. The van der Waals surface area contributed by atoms with Gasteiger partial charge in [-0.3, -0.25) is 0 Å². The second-order valence-electron chi connectivity index (χ2n) is 4.76. The zero-order chi connectivity index (χ0) is 9.38. The SMILES string of the molecule is c1ccc(C2CC3CNC[C@H]3C2)cc1. The van der Waals surface area contributed by atoms with Crippen molar-refractivity contribution >= 4 is 0 Å². The summed E-state index contributed by atoms with van der Waals surface area (Å²) in [5.41, 5.74) is 1.56. The van der Waals surface area contributed by atoms with E-state index in [0.717, 1.165) is 17.8 Å². The van der Waals surface area contributed by atoms with Gasteiger partial charge in [0.1, 0.15) is 0 Å². The highest BCUT2D eigenvalue weighted by Crippen LogP contribution is 2.43. The second-order valence-corrected chi connectivity index (χ2v) is 4.76. The molecular weight excluding hydrogens is 170 g/mol. The fourth-order valence-electron chi connectivity index (χ4n) is 3.16. The molecule has 1 saturated heterocycles. The lowest BCUT2D eigenvalue weighted by Gasteiger charge is -2.11. The highest BCUT2D eigenvalue weighted by atomic mass is 14.9. The molecule has 2 unspecified atom stereocenters. The summed E-state index contributed by atoms with van der Waals surface area (Å²) in [6.07, 6.45) is 2.81. The monoisotopic (exact) mass is 187 g/mol. The first-order chi connectivity index (χ1) is 6.93. The first-order valence-corrected chi connectivity index (χ1v) is 5.69. The summed E-state index contributed by atoms with van der Waals surface area (Å²) in [5.74, 6) is 2.76. The minimum atomic E-state index is 0.841. The minimum absolute atomic E-state index is 0.841. The van der Waals surface area contributed by atoms with Gasteiger partial charge in [-0.1, -0.05) is 30.3 Å². The van der Waals surface area contributed by atoms with E-state index in [2.05, 4.69) is 35.6 Å². The molecule has 0 aromatic heterocycles. The van der Waals surface area contributed by atoms with E-state index in [1.807, 2.05) is 0 Å². The zero-order valence-electron chi connectivity index (χ0n) is 8.45. The van der Waals surface area contributed by atoms with Gasteiger partial charge < -0.3 is 5.32 Å². The molecule has 1 aliphatic carbocycles. The van der Waals surface area contributed by atoms with E-state index in [1.54, 1.807) is 5.56 Å². The molecule has 1 heteroatoms. The first kappa shape index (κ1) is 8.49. The van der Waals surface area contributed by atoms with E-state index in [0.29, 0.717) is 0 Å². The lowest BCUT2D eigenvalue weighted by molar-refractivity contribution is 0.494. The molecule has 1 saturated carbocycles. The molecule has 14 heavy (non-hydrogen) atoms. The van der Waals surface area contributed by atoms with Gasteiger partial charge in [0.2, 0.25) is 0 Å². The van der Waals surface area contributed by atoms with E-state index in [4.69, 9.17) is 0 Å². The maximum Gasteiger partial charge on any atom is -0.00171 e. The fraction of sp³-hybridized carbons (Fsp3) is 0.538. The fourth-order valence-corrected chi connectivity index (χ4v) is 3.16. The number of hydrogen-bond acceptors (Lipinski definition) is 1. The Labute approximate surface area is 85.5 Å². The predicted molar refractivity (Wildman–Crippen MR) is 58.3 cm³/mol. The van der Waals surface area contributed by atoms with Crippen LogP contribution in [0.2, 0.25) is 0 Å². The Morgan fingerprint density at radius 1 is 0.929 bits per heavy atom. The minimum Gasteiger partial charge on any atom is -0.316 e. The number of nitrogens with one attached hydrogen (secondary N) is 1. The van der Waals surface area contributed by atoms with Crippen LogP contribution in [0.25, 0.3) is 0 Å². The van der Waals surface area contributed by atoms with Crippen LogP contribution in [0.15, 0.2) is 30.3 Å². The molecule has 0 radical (unpaired) electrons. The Morgan fingerprint density at radius 2 is 1.57 bits per heavy atom. The molecule has 1 heterocycles. The molecular formula is C13H17N. The third-order valence-corrected chi connectivity index (χ3v) is 3.93. The molecule has 1 aliphatic heterocycles. The second kappa shape index (κ2) is 3.39. The molecule has 3 rings (SSSR count). The molecule has 0 amide bonds. The van der Waals surface area contributed by atoms with Crippen LogP contribution in [0.4, 0.5) is 0 Å². The molecule has 1 nitrogen and oxygen atoms in total. The highest BCUT2D eigenvalue weighted by Gasteiger charge is 2.37. The number of hydrogen-bond donors (Lipinski definition) is 1. The molecule has 74 valence electrons. The third-order valence-electron chi connectivity index (χ3n) is 3.93. The van der Waals surface area contributed by atoms with Gasteiger partial charge in [0.15, 0.2) is 0 Å². The summed E-state index contributed by atoms with van der Waals surface area (Å²) in [6.45, 7) is 2.52. The summed E-state index contributed by atoms with van der Waals surface area (Å²) in [7, 11) is 0. The summed E-state index contributed by atoms with van der Waals surface area (Å²) in [6, 6.07) is 11.0. The molecule has 1 aromatic rings. The quantitative estimate of drug-likeness (QED) is 0.712. The van der Waals surface area contributed by atoms with Gasteiger partial charge in [-0.15, -0.1) is 0 Å². The van der Waals surface area contributed by atoms with Crippen molar-refractivity contribution in [2.24, 2.45) is 11.8 Å². The van der Waals surface area contributed by atoms with Gasteiger partial charge in [0.05, 0.1) is 0 Å². The number of rotatable bonds is 1. The maximum atomic E-state index is 3.50. The molecule has 2 fully saturated rings. The Balaban J connectivity index is 1.77. The number of benzene rings is 1. The van der Waals surface area contributed by atoms with Crippen LogP contribution in [-0.4, -0.2) is 13.1 Å². The molecule has 2 aliphatic rings. The number of fused-ring (bicyclic) bond motifs is 1. The molecule has 1 N–H and O–H groups in total. The summed E-state index contributed by atoms with van der Waals surface area (Å²) in [4.78, 5) is 0.